The summed E-state index contributed by atoms with van der Waals surface area (Å²) in [5.41, 5.74) is 4.33. The van der Waals surface area contributed by atoms with Crippen LogP contribution in [0.2, 0.25) is 0 Å². The summed E-state index contributed by atoms with van der Waals surface area (Å²) in [4.78, 5) is 0. The Bertz CT molecular complexity index is 307. The Hall–Kier alpha value is 0.660. The largest absolute Gasteiger partial charge is 0.0922 e. The third-order valence-electron chi connectivity index (χ3n) is 3.40. The molecule has 0 nitrogen and oxygen atoms in total. The fourth-order valence-corrected chi connectivity index (χ4v) is 2.94. The first kappa shape index (κ1) is 16.7. The predicted octanol–water partition coefficient (Wildman–Crippen LogP) is 6.18. The van der Waals surface area contributed by atoms with Gasteiger partial charge in [0.05, 0.1) is 0 Å². The normalized spacial score (nSPS) is 16.3. The lowest BCUT2D eigenvalue weighted by molar-refractivity contribution is 0.823. The number of benzene rings is 1. The Morgan fingerprint density at radius 2 is 0.889 bits per heavy atom. The summed E-state index contributed by atoms with van der Waals surface area (Å²) < 4.78 is 0. The van der Waals surface area contributed by atoms with Gasteiger partial charge in [-0.25, -0.2) is 0 Å². The number of alkyl halides is 3. The van der Waals surface area contributed by atoms with Crippen molar-refractivity contribution in [2.45, 2.75) is 38.5 Å². The van der Waals surface area contributed by atoms with Crippen molar-refractivity contribution in [3.8, 4) is 0 Å². The van der Waals surface area contributed by atoms with Gasteiger partial charge in [-0.2, -0.15) is 0 Å². The summed E-state index contributed by atoms with van der Waals surface area (Å²) in [6, 6.07) is 7.09. The summed E-state index contributed by atoms with van der Waals surface area (Å²) in [5, 5.41) is 3.05. The summed E-state index contributed by atoms with van der Waals surface area (Å²) in [6.45, 7) is 6.82. The van der Waals surface area contributed by atoms with Crippen LogP contribution in [0.4, 0.5) is 0 Å². The topological polar surface area (TPSA) is 0 Å². The maximum atomic E-state index is 3.59. The second-order valence-corrected chi connectivity index (χ2v) is 7.04. The quantitative estimate of drug-likeness (QED) is 0.463. The Balaban J connectivity index is 3.19. The molecule has 3 unspecified atom stereocenters. The van der Waals surface area contributed by atoms with E-state index < -0.39 is 0 Å². The Morgan fingerprint density at radius 1 is 0.667 bits per heavy atom. The molecule has 18 heavy (non-hydrogen) atoms. The molecule has 3 atom stereocenters. The summed E-state index contributed by atoms with van der Waals surface area (Å²) in [7, 11) is 0. The van der Waals surface area contributed by atoms with Gasteiger partial charge in [0.2, 0.25) is 0 Å². The van der Waals surface area contributed by atoms with Crippen LogP contribution in [0.25, 0.3) is 0 Å². The molecule has 0 N–H and O–H groups in total. The van der Waals surface area contributed by atoms with E-state index in [-0.39, 0.29) is 0 Å². The molecule has 0 radical (unpaired) electrons. The first-order chi connectivity index (χ1) is 8.53. The van der Waals surface area contributed by atoms with Gasteiger partial charge in [-0.1, -0.05) is 86.8 Å². The zero-order valence-electron chi connectivity index (χ0n) is 11.2. The van der Waals surface area contributed by atoms with E-state index in [1.165, 1.54) is 16.7 Å². The minimum atomic E-state index is 0.564. The highest BCUT2D eigenvalue weighted by molar-refractivity contribution is 9.09. The zero-order chi connectivity index (χ0) is 13.7. The van der Waals surface area contributed by atoms with Crippen molar-refractivity contribution >= 4 is 47.8 Å². The zero-order valence-corrected chi connectivity index (χ0v) is 16.0. The van der Waals surface area contributed by atoms with Crippen LogP contribution in [0, 0.1) is 0 Å². The molecule has 0 aliphatic rings. The standard InChI is InChI=1S/C15H21Br3/c1-10(7-16)13-4-14(11(2)8-17)6-15(5-13)12(3)9-18/h4-6,10-12H,7-9H2,1-3H3. The van der Waals surface area contributed by atoms with Crippen molar-refractivity contribution < 1.29 is 0 Å². The highest BCUT2D eigenvalue weighted by atomic mass is 79.9. The maximum absolute atomic E-state index is 3.59. The van der Waals surface area contributed by atoms with Crippen LogP contribution in [0.15, 0.2) is 18.2 Å². The summed E-state index contributed by atoms with van der Waals surface area (Å²) >= 11 is 10.8. The molecule has 0 saturated carbocycles. The minimum Gasteiger partial charge on any atom is -0.0922 e. The van der Waals surface area contributed by atoms with Crippen LogP contribution >= 0.6 is 47.8 Å². The highest BCUT2D eigenvalue weighted by Crippen LogP contribution is 2.29. The molecule has 1 aromatic carbocycles. The average Bonchev–Trinajstić information content (AvgIpc) is 2.43. The van der Waals surface area contributed by atoms with Crippen molar-refractivity contribution in [3.05, 3.63) is 34.9 Å². The van der Waals surface area contributed by atoms with Gasteiger partial charge >= 0.3 is 0 Å². The van der Waals surface area contributed by atoms with E-state index in [9.17, 15) is 0 Å². The maximum Gasteiger partial charge on any atom is 0.00975 e. The third-order valence-corrected chi connectivity index (χ3v) is 6.32. The van der Waals surface area contributed by atoms with E-state index in [2.05, 4.69) is 86.8 Å². The molecule has 0 fully saturated rings. The van der Waals surface area contributed by atoms with E-state index in [1.807, 2.05) is 0 Å². The van der Waals surface area contributed by atoms with Gasteiger partial charge < -0.3 is 0 Å². The van der Waals surface area contributed by atoms with Crippen molar-refractivity contribution in [1.82, 2.24) is 0 Å². The first-order valence-corrected chi connectivity index (χ1v) is 9.72. The molecule has 0 aliphatic heterocycles. The number of hydrogen-bond donors (Lipinski definition) is 0. The van der Waals surface area contributed by atoms with E-state index in [0.717, 1.165) is 16.0 Å². The fraction of sp³-hybridized carbons (Fsp3) is 0.600. The van der Waals surface area contributed by atoms with Crippen LogP contribution in [0.1, 0.15) is 55.2 Å². The lowest BCUT2D eigenvalue weighted by atomic mass is 9.90. The molecular formula is C15H21Br3. The second-order valence-electron chi connectivity index (χ2n) is 5.10. The molecule has 1 aromatic rings. The van der Waals surface area contributed by atoms with Gasteiger partial charge in [-0.3, -0.25) is 0 Å². The predicted molar refractivity (Wildman–Crippen MR) is 93.1 cm³/mol. The van der Waals surface area contributed by atoms with Gasteiger partial charge in [-0.15, -0.1) is 0 Å². The van der Waals surface area contributed by atoms with Gasteiger partial charge in [-0.05, 0) is 34.4 Å². The third kappa shape index (κ3) is 4.35. The number of hydrogen-bond acceptors (Lipinski definition) is 0. The molecule has 0 amide bonds. The van der Waals surface area contributed by atoms with Gasteiger partial charge in [0.25, 0.3) is 0 Å². The second kappa shape index (κ2) is 8.06. The highest BCUT2D eigenvalue weighted by Gasteiger charge is 2.13. The van der Waals surface area contributed by atoms with Gasteiger partial charge in [0.1, 0.15) is 0 Å². The van der Waals surface area contributed by atoms with Crippen LogP contribution in [0.5, 0.6) is 0 Å². The van der Waals surface area contributed by atoms with Gasteiger partial charge in [0, 0.05) is 16.0 Å². The van der Waals surface area contributed by atoms with E-state index >= 15 is 0 Å². The molecule has 0 spiro atoms. The lowest BCUT2D eigenvalue weighted by Crippen LogP contribution is -2.04. The molecule has 0 heterocycles. The van der Waals surface area contributed by atoms with Crippen LogP contribution in [0.3, 0.4) is 0 Å². The Kier molecular flexibility index (Phi) is 7.48. The molecule has 1 rings (SSSR count). The van der Waals surface area contributed by atoms with Crippen molar-refractivity contribution in [1.29, 1.82) is 0 Å². The summed E-state index contributed by atoms with van der Waals surface area (Å²) in [6.07, 6.45) is 0. The first-order valence-electron chi connectivity index (χ1n) is 6.36. The van der Waals surface area contributed by atoms with Crippen molar-refractivity contribution in [3.63, 3.8) is 0 Å². The van der Waals surface area contributed by atoms with Gasteiger partial charge in [0.15, 0.2) is 0 Å². The molecule has 0 saturated heterocycles. The number of halogens is 3. The molecular weight excluding hydrogens is 420 g/mol. The molecule has 102 valence electrons. The van der Waals surface area contributed by atoms with E-state index in [4.69, 9.17) is 0 Å². The van der Waals surface area contributed by atoms with Crippen molar-refractivity contribution in [2.75, 3.05) is 16.0 Å². The van der Waals surface area contributed by atoms with Crippen LogP contribution in [-0.2, 0) is 0 Å². The SMILES string of the molecule is CC(CBr)c1cc(C(C)CBr)cc(C(C)CBr)c1. The minimum absolute atomic E-state index is 0.564. The van der Waals surface area contributed by atoms with Crippen molar-refractivity contribution in [2.24, 2.45) is 0 Å². The average molecular weight is 441 g/mol. The Morgan fingerprint density at radius 3 is 1.06 bits per heavy atom. The lowest BCUT2D eigenvalue weighted by Gasteiger charge is -2.18. The summed E-state index contributed by atoms with van der Waals surface area (Å²) in [5.74, 6) is 1.69. The van der Waals surface area contributed by atoms with E-state index in [0.29, 0.717) is 17.8 Å². The van der Waals surface area contributed by atoms with Crippen LogP contribution < -0.4 is 0 Å². The van der Waals surface area contributed by atoms with Crippen LogP contribution in [-0.4, -0.2) is 16.0 Å². The molecule has 0 aliphatic carbocycles. The number of rotatable bonds is 6. The Labute approximate surface area is 136 Å². The fourth-order valence-electron chi connectivity index (χ4n) is 1.82. The molecule has 0 bridgehead atoms. The molecule has 0 aromatic heterocycles. The molecule has 3 heteroatoms. The monoisotopic (exact) mass is 438 g/mol. The van der Waals surface area contributed by atoms with E-state index in [1.54, 1.807) is 0 Å². The smallest absolute Gasteiger partial charge is 0.00975 e.